The quantitative estimate of drug-likeness (QED) is 0.517. The lowest BCUT2D eigenvalue weighted by Crippen LogP contribution is -2.45. The molecule has 1 aromatic rings. The van der Waals surface area contributed by atoms with E-state index in [1.807, 2.05) is 17.0 Å². The van der Waals surface area contributed by atoms with Crippen molar-refractivity contribution in [2.45, 2.75) is 40.0 Å². The number of unbranched alkanes of at least 4 members (excludes halogenated alkanes) is 2. The van der Waals surface area contributed by atoms with Gasteiger partial charge < -0.3 is 0 Å². The molecule has 0 saturated heterocycles. The van der Waals surface area contributed by atoms with Crippen LogP contribution in [-0.4, -0.2) is 6.61 Å². The molecule has 0 unspecified atom stereocenters. The normalized spacial score (nSPS) is 10.2. The third-order valence-corrected chi connectivity index (χ3v) is 2.45. The van der Waals surface area contributed by atoms with Crippen LogP contribution in [0.4, 0.5) is 0 Å². The first-order valence-corrected chi connectivity index (χ1v) is 5.37. The highest BCUT2D eigenvalue weighted by molar-refractivity contribution is 5.10. The van der Waals surface area contributed by atoms with E-state index in [9.17, 15) is 0 Å². The van der Waals surface area contributed by atoms with Gasteiger partial charge >= 0.3 is 0 Å². The zero-order valence-corrected chi connectivity index (χ0v) is 9.42. The van der Waals surface area contributed by atoms with Crippen molar-refractivity contribution < 1.29 is 9.57 Å². The lowest BCUT2D eigenvalue weighted by atomic mass is 10.2. The fourth-order valence-electron chi connectivity index (χ4n) is 1.33. The van der Waals surface area contributed by atoms with E-state index in [-0.39, 0.29) is 0 Å². The zero-order valence-electron chi connectivity index (χ0n) is 9.42. The number of rotatable bonds is 5. The van der Waals surface area contributed by atoms with Gasteiger partial charge in [0.2, 0.25) is 11.9 Å². The topological polar surface area (TPSA) is 13.1 Å². The number of pyridine rings is 1. The van der Waals surface area contributed by atoms with Crippen LogP contribution in [0.5, 0.6) is 0 Å². The second-order valence-electron chi connectivity index (χ2n) is 3.64. The van der Waals surface area contributed by atoms with Gasteiger partial charge in [-0.1, -0.05) is 19.8 Å². The van der Waals surface area contributed by atoms with Crippen molar-refractivity contribution >= 4 is 0 Å². The van der Waals surface area contributed by atoms with Gasteiger partial charge in [0.15, 0.2) is 6.61 Å². The molecule has 2 heteroatoms. The Bertz CT molecular complexity index is 284. The SMILES string of the molecule is CCCCCO[n+]1cccc(C)c1C. The van der Waals surface area contributed by atoms with Crippen LogP contribution in [0.2, 0.25) is 0 Å². The van der Waals surface area contributed by atoms with E-state index >= 15 is 0 Å². The minimum Gasteiger partial charge on any atom is -0.271 e. The minimum absolute atomic E-state index is 0.808. The molecule has 0 atom stereocenters. The molecule has 14 heavy (non-hydrogen) atoms. The second-order valence-corrected chi connectivity index (χ2v) is 3.64. The van der Waals surface area contributed by atoms with Gasteiger partial charge in [0.05, 0.1) is 0 Å². The van der Waals surface area contributed by atoms with E-state index in [1.165, 1.54) is 24.1 Å². The largest absolute Gasteiger partial charge is 0.271 e. The number of hydrogen-bond donors (Lipinski definition) is 0. The average Bonchev–Trinajstić information content (AvgIpc) is 2.19. The maximum atomic E-state index is 5.64. The molecule has 0 radical (unpaired) electrons. The molecule has 0 N–H and O–H groups in total. The van der Waals surface area contributed by atoms with Gasteiger partial charge in [-0.05, 0) is 19.4 Å². The molecule has 0 bridgehead atoms. The molecule has 0 spiro atoms. The highest BCUT2D eigenvalue weighted by atomic mass is 16.7. The van der Waals surface area contributed by atoms with Gasteiger partial charge in [-0.3, -0.25) is 4.84 Å². The fourth-order valence-corrected chi connectivity index (χ4v) is 1.33. The summed E-state index contributed by atoms with van der Waals surface area (Å²) in [6.45, 7) is 7.18. The molecule has 78 valence electrons. The van der Waals surface area contributed by atoms with Crippen molar-refractivity contribution in [3.05, 3.63) is 29.6 Å². The molecule has 0 fully saturated rings. The lowest BCUT2D eigenvalue weighted by Gasteiger charge is -2.01. The van der Waals surface area contributed by atoms with E-state index in [0.29, 0.717) is 0 Å². The smallest absolute Gasteiger partial charge is 0.234 e. The van der Waals surface area contributed by atoms with Crippen molar-refractivity contribution in [3.8, 4) is 0 Å². The van der Waals surface area contributed by atoms with Crippen LogP contribution in [0.25, 0.3) is 0 Å². The molecule has 0 aromatic carbocycles. The van der Waals surface area contributed by atoms with E-state index in [2.05, 4.69) is 26.8 Å². The summed E-state index contributed by atoms with van der Waals surface area (Å²) in [6.07, 6.45) is 5.58. The van der Waals surface area contributed by atoms with Crippen molar-refractivity contribution in [1.29, 1.82) is 0 Å². The number of nitrogens with zero attached hydrogens (tertiary/aromatic N) is 1. The molecule has 0 aliphatic carbocycles. The van der Waals surface area contributed by atoms with Crippen molar-refractivity contribution in [3.63, 3.8) is 0 Å². The molecule has 0 aliphatic heterocycles. The third kappa shape index (κ3) is 3.02. The molecular formula is C12H20NO+. The summed E-state index contributed by atoms with van der Waals surface area (Å²) >= 11 is 0. The third-order valence-electron chi connectivity index (χ3n) is 2.45. The Hall–Kier alpha value is -1.05. The molecular weight excluding hydrogens is 174 g/mol. The number of hydrogen-bond acceptors (Lipinski definition) is 1. The minimum atomic E-state index is 0.808. The first-order chi connectivity index (χ1) is 6.75. The predicted molar refractivity (Wildman–Crippen MR) is 57.1 cm³/mol. The Morgan fingerprint density at radius 3 is 2.79 bits per heavy atom. The van der Waals surface area contributed by atoms with Gasteiger partial charge in [-0.15, -0.1) is 0 Å². The van der Waals surface area contributed by atoms with Gasteiger partial charge in [-0.25, -0.2) is 0 Å². The van der Waals surface area contributed by atoms with Gasteiger partial charge in [-0.2, -0.15) is 0 Å². The Morgan fingerprint density at radius 2 is 2.07 bits per heavy atom. The van der Waals surface area contributed by atoms with E-state index in [1.54, 1.807) is 0 Å². The van der Waals surface area contributed by atoms with Crippen LogP contribution in [0.1, 0.15) is 37.4 Å². The predicted octanol–water partition coefficient (Wildman–Crippen LogP) is 2.21. The summed E-state index contributed by atoms with van der Waals surface area (Å²) in [7, 11) is 0. The molecule has 0 saturated carbocycles. The van der Waals surface area contributed by atoms with Crippen molar-refractivity contribution in [2.24, 2.45) is 0 Å². The van der Waals surface area contributed by atoms with Crippen LogP contribution in [0.3, 0.4) is 0 Å². The monoisotopic (exact) mass is 194 g/mol. The lowest BCUT2D eigenvalue weighted by molar-refractivity contribution is -0.895. The van der Waals surface area contributed by atoms with Gasteiger partial charge in [0.1, 0.15) is 0 Å². The highest BCUT2D eigenvalue weighted by Crippen LogP contribution is 1.98. The van der Waals surface area contributed by atoms with Crippen LogP contribution in [0.15, 0.2) is 18.3 Å². The molecule has 2 nitrogen and oxygen atoms in total. The average molecular weight is 194 g/mol. The maximum Gasteiger partial charge on any atom is 0.234 e. The van der Waals surface area contributed by atoms with Crippen LogP contribution < -0.4 is 9.57 Å². The Kier molecular flexibility index (Phi) is 4.44. The van der Waals surface area contributed by atoms with Gasteiger partial charge in [0, 0.05) is 23.3 Å². The summed E-state index contributed by atoms with van der Waals surface area (Å²) < 4.78 is 1.87. The van der Waals surface area contributed by atoms with E-state index < -0.39 is 0 Å². The zero-order chi connectivity index (χ0) is 10.4. The van der Waals surface area contributed by atoms with Crippen LogP contribution in [-0.2, 0) is 0 Å². The maximum absolute atomic E-state index is 5.64. The van der Waals surface area contributed by atoms with Gasteiger partial charge in [0.25, 0.3) is 0 Å². The van der Waals surface area contributed by atoms with Crippen molar-refractivity contribution in [2.75, 3.05) is 6.61 Å². The summed E-state index contributed by atoms with van der Waals surface area (Å²) in [5.74, 6) is 0. The summed E-state index contributed by atoms with van der Waals surface area (Å²) in [5.41, 5.74) is 2.45. The fraction of sp³-hybridized carbons (Fsp3) is 0.583. The standard InChI is InChI=1S/C12H20NO/c1-4-5-6-10-14-13-9-7-8-11(2)12(13)3/h7-9H,4-6,10H2,1-3H3/q+1. The first kappa shape index (κ1) is 11.0. The highest BCUT2D eigenvalue weighted by Gasteiger charge is 2.08. The molecule has 0 amide bonds. The van der Waals surface area contributed by atoms with E-state index in [0.717, 1.165) is 13.0 Å². The molecule has 1 aromatic heterocycles. The Balaban J connectivity index is 2.46. The van der Waals surface area contributed by atoms with Crippen LogP contribution in [0, 0.1) is 13.8 Å². The summed E-state index contributed by atoms with van der Waals surface area (Å²) in [5, 5.41) is 0. The number of aromatic nitrogens is 1. The summed E-state index contributed by atoms with van der Waals surface area (Å²) in [6, 6.07) is 4.11. The van der Waals surface area contributed by atoms with E-state index in [4.69, 9.17) is 4.84 Å². The Labute approximate surface area is 86.5 Å². The van der Waals surface area contributed by atoms with Crippen molar-refractivity contribution in [1.82, 2.24) is 0 Å². The van der Waals surface area contributed by atoms with Crippen LogP contribution >= 0.6 is 0 Å². The molecule has 1 heterocycles. The Morgan fingerprint density at radius 1 is 1.29 bits per heavy atom. The second kappa shape index (κ2) is 5.63. The molecule has 0 aliphatic rings. The number of aryl methyl sites for hydroxylation is 1. The summed E-state index contributed by atoms with van der Waals surface area (Å²) in [4.78, 5) is 5.64. The first-order valence-electron chi connectivity index (χ1n) is 5.37. The molecule has 1 rings (SSSR count).